The average Bonchev–Trinajstić information content (AvgIpc) is 2.33. The minimum atomic E-state index is -3.27. The Kier molecular flexibility index (Phi) is 2.66. The second kappa shape index (κ2) is 3.56. The van der Waals surface area contributed by atoms with Crippen LogP contribution in [0.3, 0.4) is 0 Å². The lowest BCUT2D eigenvalue weighted by molar-refractivity contribution is 0.591. The van der Waals surface area contributed by atoms with Gasteiger partial charge in [0.05, 0.1) is 12.5 Å². The van der Waals surface area contributed by atoms with E-state index in [1.165, 1.54) is 6.21 Å². The molecule has 0 aliphatic rings. The fourth-order valence-corrected chi connectivity index (χ4v) is 0.934. The molecule has 1 aromatic rings. The van der Waals surface area contributed by atoms with Crippen LogP contribution >= 0.6 is 0 Å². The smallest absolute Gasteiger partial charge is 0.244 e. The number of nitrogens with zero attached hydrogens (tertiary/aromatic N) is 3. The second-order valence-electron chi connectivity index (χ2n) is 2.54. The van der Waals surface area contributed by atoms with Crippen LogP contribution in [0.4, 0.5) is 0 Å². The van der Waals surface area contributed by atoms with Crippen LogP contribution in [0, 0.1) is 0 Å². The minimum Gasteiger partial charge on any atom is -0.275 e. The van der Waals surface area contributed by atoms with Gasteiger partial charge in [-0.15, -0.1) is 0 Å². The first-order valence-corrected chi connectivity index (χ1v) is 5.36. The minimum absolute atomic E-state index is 0.596. The first-order valence-electron chi connectivity index (χ1n) is 3.47. The van der Waals surface area contributed by atoms with Crippen molar-refractivity contribution < 1.29 is 8.42 Å². The zero-order chi connectivity index (χ0) is 9.90. The molecule has 6 nitrogen and oxygen atoms in total. The van der Waals surface area contributed by atoms with Crippen LogP contribution < -0.4 is 4.83 Å². The molecule has 0 radical (unpaired) electrons. The lowest BCUT2D eigenvalue weighted by Gasteiger charge is -1.92. The Morgan fingerprint density at radius 3 is 2.85 bits per heavy atom. The molecule has 0 spiro atoms. The number of rotatable bonds is 3. The van der Waals surface area contributed by atoms with Gasteiger partial charge in [0.25, 0.3) is 0 Å². The Labute approximate surface area is 76.3 Å². The van der Waals surface area contributed by atoms with Crippen molar-refractivity contribution in [3.05, 3.63) is 18.0 Å². The van der Waals surface area contributed by atoms with E-state index in [1.807, 2.05) is 4.83 Å². The number of hydrogen-bond donors (Lipinski definition) is 1. The summed E-state index contributed by atoms with van der Waals surface area (Å²) >= 11 is 0. The summed E-state index contributed by atoms with van der Waals surface area (Å²) in [6.07, 6.45) is 4.10. The molecule has 72 valence electrons. The highest BCUT2D eigenvalue weighted by atomic mass is 32.2. The van der Waals surface area contributed by atoms with E-state index in [9.17, 15) is 8.42 Å². The monoisotopic (exact) mass is 202 g/mol. The molecule has 0 fully saturated rings. The fourth-order valence-electron chi connectivity index (χ4n) is 0.690. The lowest BCUT2D eigenvalue weighted by atomic mass is 10.5. The summed E-state index contributed by atoms with van der Waals surface area (Å²) in [5.41, 5.74) is 0.596. The Hall–Kier alpha value is -1.37. The van der Waals surface area contributed by atoms with E-state index in [4.69, 9.17) is 0 Å². The maximum Gasteiger partial charge on any atom is 0.244 e. The fraction of sp³-hybridized carbons (Fsp3) is 0.333. The predicted molar refractivity (Wildman–Crippen MR) is 48.8 cm³/mol. The van der Waals surface area contributed by atoms with Gasteiger partial charge in [0.2, 0.25) is 10.0 Å². The van der Waals surface area contributed by atoms with Crippen LogP contribution in [0.5, 0.6) is 0 Å². The number of aryl methyl sites for hydroxylation is 1. The zero-order valence-corrected chi connectivity index (χ0v) is 8.11. The van der Waals surface area contributed by atoms with Crippen molar-refractivity contribution >= 4 is 16.2 Å². The van der Waals surface area contributed by atoms with Gasteiger partial charge in [0.1, 0.15) is 5.69 Å². The van der Waals surface area contributed by atoms with Crippen molar-refractivity contribution in [2.45, 2.75) is 0 Å². The topological polar surface area (TPSA) is 76.3 Å². The molecule has 0 bridgehead atoms. The molecule has 1 aromatic heterocycles. The molecule has 0 amide bonds. The van der Waals surface area contributed by atoms with Gasteiger partial charge >= 0.3 is 0 Å². The third-order valence-electron chi connectivity index (χ3n) is 1.15. The van der Waals surface area contributed by atoms with Gasteiger partial charge in [-0.05, 0) is 6.07 Å². The molecule has 0 aliphatic heterocycles. The molecule has 0 saturated heterocycles. The highest BCUT2D eigenvalue weighted by Gasteiger charge is 1.95. The van der Waals surface area contributed by atoms with E-state index in [1.54, 1.807) is 24.0 Å². The summed E-state index contributed by atoms with van der Waals surface area (Å²) in [5, 5.41) is 7.45. The van der Waals surface area contributed by atoms with Crippen molar-refractivity contribution in [3.63, 3.8) is 0 Å². The molecule has 0 aliphatic carbocycles. The molecule has 0 saturated carbocycles. The molecule has 0 aromatic carbocycles. The zero-order valence-electron chi connectivity index (χ0n) is 7.30. The van der Waals surface area contributed by atoms with Gasteiger partial charge in [0, 0.05) is 13.2 Å². The van der Waals surface area contributed by atoms with Crippen LogP contribution in [0.1, 0.15) is 5.69 Å². The number of nitrogens with one attached hydrogen (secondary N) is 1. The third kappa shape index (κ3) is 3.70. The number of aromatic nitrogens is 2. The normalized spacial score (nSPS) is 12.2. The molecule has 1 rings (SSSR count). The molecule has 0 unspecified atom stereocenters. The van der Waals surface area contributed by atoms with Crippen LogP contribution in [0.15, 0.2) is 17.4 Å². The Morgan fingerprint density at radius 1 is 1.69 bits per heavy atom. The Bertz CT molecular complexity index is 406. The van der Waals surface area contributed by atoms with Gasteiger partial charge in [-0.3, -0.25) is 4.68 Å². The van der Waals surface area contributed by atoms with Crippen LogP contribution in [-0.2, 0) is 17.1 Å². The lowest BCUT2D eigenvalue weighted by Crippen LogP contribution is -2.15. The van der Waals surface area contributed by atoms with Crippen molar-refractivity contribution in [3.8, 4) is 0 Å². The van der Waals surface area contributed by atoms with E-state index >= 15 is 0 Å². The Balaban J connectivity index is 2.60. The van der Waals surface area contributed by atoms with E-state index < -0.39 is 10.0 Å². The van der Waals surface area contributed by atoms with E-state index in [0.717, 1.165) is 6.26 Å². The quantitative estimate of drug-likeness (QED) is 0.520. The first-order chi connectivity index (χ1) is 5.97. The molecule has 1 heterocycles. The summed E-state index contributed by atoms with van der Waals surface area (Å²) in [4.78, 5) is 1.97. The average molecular weight is 202 g/mol. The maximum atomic E-state index is 10.6. The standard InChI is InChI=1S/C6H10N4O2S/c1-10-4-3-6(8-10)5-7-9-13(2,11)12/h3-5,9H,1-2H3/b7-5+. The summed E-state index contributed by atoms with van der Waals surface area (Å²) < 4.78 is 22.8. The summed E-state index contributed by atoms with van der Waals surface area (Å²) in [5.74, 6) is 0. The molecule has 13 heavy (non-hydrogen) atoms. The highest BCUT2D eigenvalue weighted by molar-refractivity contribution is 7.88. The van der Waals surface area contributed by atoms with Gasteiger partial charge < -0.3 is 0 Å². The van der Waals surface area contributed by atoms with E-state index in [-0.39, 0.29) is 0 Å². The maximum absolute atomic E-state index is 10.6. The molecular weight excluding hydrogens is 192 g/mol. The summed E-state index contributed by atoms with van der Waals surface area (Å²) in [6, 6.07) is 1.72. The van der Waals surface area contributed by atoms with E-state index in [2.05, 4.69) is 10.2 Å². The van der Waals surface area contributed by atoms with Crippen molar-refractivity contribution in [2.75, 3.05) is 6.26 Å². The predicted octanol–water partition coefficient (Wildman–Crippen LogP) is -0.697. The second-order valence-corrected chi connectivity index (χ2v) is 4.26. The molecule has 1 N–H and O–H groups in total. The van der Waals surface area contributed by atoms with E-state index in [0.29, 0.717) is 5.69 Å². The van der Waals surface area contributed by atoms with Crippen molar-refractivity contribution in [1.29, 1.82) is 0 Å². The number of hydrogen-bond acceptors (Lipinski definition) is 4. The number of sulfonamides is 1. The van der Waals surface area contributed by atoms with Crippen LogP contribution in [0.25, 0.3) is 0 Å². The van der Waals surface area contributed by atoms with Gasteiger partial charge in [-0.1, -0.05) is 0 Å². The van der Waals surface area contributed by atoms with Crippen LogP contribution in [-0.4, -0.2) is 30.7 Å². The van der Waals surface area contributed by atoms with Gasteiger partial charge in [0.15, 0.2) is 0 Å². The SMILES string of the molecule is Cn1ccc(/C=N/NS(C)(=O)=O)n1. The molecular formula is C6H10N4O2S. The number of hydrazone groups is 1. The largest absolute Gasteiger partial charge is 0.275 e. The van der Waals surface area contributed by atoms with Gasteiger partial charge in [-0.25, -0.2) is 13.2 Å². The third-order valence-corrected chi connectivity index (χ3v) is 1.59. The summed E-state index contributed by atoms with van der Waals surface area (Å²) in [7, 11) is -1.50. The van der Waals surface area contributed by atoms with Crippen molar-refractivity contribution in [2.24, 2.45) is 12.1 Å². The summed E-state index contributed by atoms with van der Waals surface area (Å²) in [6.45, 7) is 0. The molecule has 0 atom stereocenters. The van der Waals surface area contributed by atoms with Crippen molar-refractivity contribution in [1.82, 2.24) is 14.6 Å². The van der Waals surface area contributed by atoms with Crippen LogP contribution in [0.2, 0.25) is 0 Å². The first kappa shape index (κ1) is 9.72. The van der Waals surface area contributed by atoms with Gasteiger partial charge in [-0.2, -0.15) is 10.2 Å². The highest BCUT2D eigenvalue weighted by Crippen LogP contribution is 1.88. The Morgan fingerprint density at radius 2 is 2.38 bits per heavy atom. The molecule has 7 heteroatoms.